The topological polar surface area (TPSA) is 37.3 Å². The summed E-state index contributed by atoms with van der Waals surface area (Å²) in [4.78, 5) is 9.06. The molecule has 2 aromatic carbocycles. The molecule has 0 radical (unpaired) electrons. The van der Waals surface area contributed by atoms with Crippen LogP contribution in [-0.2, 0) is 4.57 Å². The maximum absolute atomic E-state index is 11.0. The summed E-state index contributed by atoms with van der Waals surface area (Å²) in [5.74, 6) is 0. The van der Waals surface area contributed by atoms with E-state index in [1.165, 1.54) is 0 Å². The Balaban J connectivity index is 2.51. The van der Waals surface area contributed by atoms with Gasteiger partial charge in [0.05, 0.1) is 0 Å². The molecule has 0 heterocycles. The van der Waals surface area contributed by atoms with Crippen molar-refractivity contribution in [2.45, 2.75) is 12.6 Å². The lowest BCUT2D eigenvalue weighted by Gasteiger charge is -2.01. The van der Waals surface area contributed by atoms with E-state index in [0.717, 1.165) is 16.3 Å². The van der Waals surface area contributed by atoms with Crippen molar-refractivity contribution in [2.75, 3.05) is 0 Å². The lowest BCUT2D eigenvalue weighted by atomic mass is 10.1. The molecule has 15 heavy (non-hydrogen) atoms. The Labute approximate surface area is 89.4 Å². The fourth-order valence-corrected chi connectivity index (χ4v) is 2.01. The lowest BCUT2D eigenvalue weighted by molar-refractivity contribution is 0.493. The minimum atomic E-state index is -2.14. The Kier molecular flexibility index (Phi) is 2.81. The quantitative estimate of drug-likeness (QED) is 0.783. The minimum absolute atomic E-state index is 0.301. The highest BCUT2D eigenvalue weighted by Gasteiger charge is 2.25. The highest BCUT2D eigenvalue weighted by atomic mass is 31.1. The van der Waals surface area contributed by atoms with Gasteiger partial charge in [-0.3, -0.25) is 0 Å². The Bertz CT molecular complexity index is 508. The van der Waals surface area contributed by atoms with Crippen LogP contribution in [0.15, 0.2) is 42.5 Å². The maximum atomic E-state index is 11.0. The van der Waals surface area contributed by atoms with E-state index in [1.807, 2.05) is 42.5 Å². The molecule has 76 valence electrons. The average Bonchev–Trinajstić information content (AvgIpc) is 2.27. The highest BCUT2D eigenvalue weighted by molar-refractivity contribution is 7.38. The molecule has 0 fully saturated rings. The molecule has 0 bridgehead atoms. The van der Waals surface area contributed by atoms with Crippen LogP contribution in [0, 0.1) is 0 Å². The van der Waals surface area contributed by atoms with E-state index in [0.29, 0.717) is 0 Å². The number of rotatable bonds is 2. The van der Waals surface area contributed by atoms with Crippen molar-refractivity contribution in [3.8, 4) is 0 Å². The van der Waals surface area contributed by atoms with Gasteiger partial charge >= 0.3 is 8.03 Å². The second-order valence-electron chi connectivity index (χ2n) is 3.59. The van der Waals surface area contributed by atoms with Crippen molar-refractivity contribution >= 4 is 18.8 Å². The van der Waals surface area contributed by atoms with Crippen LogP contribution >= 0.6 is 8.03 Å². The van der Waals surface area contributed by atoms with Gasteiger partial charge in [-0.1, -0.05) is 36.4 Å². The molecule has 0 saturated heterocycles. The van der Waals surface area contributed by atoms with E-state index in [4.69, 9.17) is 4.89 Å². The summed E-state index contributed by atoms with van der Waals surface area (Å²) in [6, 6.07) is 13.9. The van der Waals surface area contributed by atoms with Crippen molar-refractivity contribution in [3.63, 3.8) is 0 Å². The van der Waals surface area contributed by atoms with E-state index in [1.54, 1.807) is 6.92 Å². The fourth-order valence-electron chi connectivity index (χ4n) is 1.60. The van der Waals surface area contributed by atoms with Crippen LogP contribution in [-0.4, -0.2) is 4.89 Å². The molecule has 1 unspecified atom stereocenters. The van der Waals surface area contributed by atoms with E-state index in [-0.39, 0.29) is 5.66 Å². The second-order valence-corrected chi connectivity index (χ2v) is 4.96. The van der Waals surface area contributed by atoms with Gasteiger partial charge in [0.25, 0.3) is 0 Å². The summed E-state index contributed by atoms with van der Waals surface area (Å²) in [6.45, 7) is 1.77. The Morgan fingerprint density at radius 1 is 1.13 bits per heavy atom. The summed E-state index contributed by atoms with van der Waals surface area (Å²) < 4.78 is 11.0. The van der Waals surface area contributed by atoms with Gasteiger partial charge in [0.1, 0.15) is 0 Å². The molecule has 1 N–H and O–H groups in total. The first-order valence-electron chi connectivity index (χ1n) is 4.82. The molecule has 0 aliphatic heterocycles. The molecule has 0 amide bonds. The summed E-state index contributed by atoms with van der Waals surface area (Å²) in [5.41, 5.74) is 0.613. The molecule has 0 aliphatic carbocycles. The zero-order chi connectivity index (χ0) is 10.8. The predicted octanol–water partition coefficient (Wildman–Crippen LogP) is 3.64. The largest absolute Gasteiger partial charge is 0.513 e. The molecule has 2 rings (SSSR count). The second kappa shape index (κ2) is 4.09. The SMILES string of the molecule is C[C@@H](c1ccc2ccccc2c1)[P+](=O)O. The smallest absolute Gasteiger partial charge is 0.160 e. The number of hydrogen-bond donors (Lipinski definition) is 1. The van der Waals surface area contributed by atoms with Crippen molar-refractivity contribution in [3.05, 3.63) is 48.0 Å². The van der Waals surface area contributed by atoms with Gasteiger partial charge in [-0.25, -0.2) is 0 Å². The van der Waals surface area contributed by atoms with E-state index < -0.39 is 8.03 Å². The third-order valence-electron chi connectivity index (χ3n) is 2.59. The van der Waals surface area contributed by atoms with Crippen LogP contribution in [0.4, 0.5) is 0 Å². The summed E-state index contributed by atoms with van der Waals surface area (Å²) in [6.07, 6.45) is 0. The van der Waals surface area contributed by atoms with Crippen molar-refractivity contribution < 1.29 is 9.46 Å². The molecule has 0 spiro atoms. The van der Waals surface area contributed by atoms with Crippen LogP contribution < -0.4 is 0 Å². The van der Waals surface area contributed by atoms with Gasteiger partial charge in [-0.15, -0.1) is 0 Å². The third kappa shape index (κ3) is 2.06. The average molecular weight is 219 g/mol. The zero-order valence-electron chi connectivity index (χ0n) is 8.42. The fraction of sp³-hybridized carbons (Fsp3) is 0.167. The van der Waals surface area contributed by atoms with Crippen molar-refractivity contribution in [1.82, 2.24) is 0 Å². The highest BCUT2D eigenvalue weighted by Crippen LogP contribution is 2.37. The van der Waals surface area contributed by atoms with Gasteiger partial charge in [-0.05, 0) is 28.3 Å². The molecule has 2 aromatic rings. The van der Waals surface area contributed by atoms with Gasteiger partial charge in [0.15, 0.2) is 0 Å². The Morgan fingerprint density at radius 2 is 1.80 bits per heavy atom. The minimum Gasteiger partial charge on any atom is -0.160 e. The van der Waals surface area contributed by atoms with Gasteiger partial charge < -0.3 is 0 Å². The van der Waals surface area contributed by atoms with Gasteiger partial charge in [-0.2, -0.15) is 4.89 Å². The number of benzene rings is 2. The molecule has 0 aliphatic rings. The number of fused-ring (bicyclic) bond motifs is 1. The zero-order valence-corrected chi connectivity index (χ0v) is 9.32. The molecule has 0 saturated carbocycles. The number of hydrogen-bond acceptors (Lipinski definition) is 1. The standard InChI is InChI=1S/C12H11O2P/c1-9(15(13)14)11-7-6-10-4-2-3-5-12(10)8-11/h2-9H,1H3/p+1/t9-/m0/s1. The van der Waals surface area contributed by atoms with Gasteiger partial charge in [0.2, 0.25) is 5.66 Å². The first kappa shape index (κ1) is 10.3. The van der Waals surface area contributed by atoms with Gasteiger partial charge in [0, 0.05) is 5.56 Å². The monoisotopic (exact) mass is 219 g/mol. The van der Waals surface area contributed by atoms with E-state index in [9.17, 15) is 4.57 Å². The summed E-state index contributed by atoms with van der Waals surface area (Å²) in [5, 5.41) is 2.26. The van der Waals surface area contributed by atoms with Crippen LogP contribution in [0.5, 0.6) is 0 Å². The Hall–Kier alpha value is -1.24. The predicted molar refractivity (Wildman–Crippen MR) is 62.2 cm³/mol. The van der Waals surface area contributed by atoms with E-state index >= 15 is 0 Å². The van der Waals surface area contributed by atoms with E-state index in [2.05, 4.69) is 0 Å². The first-order valence-corrected chi connectivity index (χ1v) is 6.10. The van der Waals surface area contributed by atoms with Crippen LogP contribution in [0.2, 0.25) is 0 Å². The summed E-state index contributed by atoms with van der Waals surface area (Å²) >= 11 is 0. The maximum Gasteiger partial charge on any atom is 0.513 e. The van der Waals surface area contributed by atoms with Crippen LogP contribution in [0.25, 0.3) is 10.8 Å². The third-order valence-corrected chi connectivity index (χ3v) is 3.55. The molecule has 3 heteroatoms. The van der Waals surface area contributed by atoms with Crippen LogP contribution in [0.3, 0.4) is 0 Å². The normalized spacial score (nSPS) is 13.9. The molecule has 2 atom stereocenters. The first-order chi connectivity index (χ1) is 7.18. The lowest BCUT2D eigenvalue weighted by Crippen LogP contribution is -1.87. The molecule has 0 aromatic heterocycles. The van der Waals surface area contributed by atoms with Crippen LogP contribution in [0.1, 0.15) is 18.1 Å². The molecular weight excluding hydrogens is 207 g/mol. The molecule has 2 nitrogen and oxygen atoms in total. The summed E-state index contributed by atoms with van der Waals surface area (Å²) in [7, 11) is -2.14. The van der Waals surface area contributed by atoms with Crippen molar-refractivity contribution in [1.29, 1.82) is 0 Å². The molecular formula is C12H12O2P+. The van der Waals surface area contributed by atoms with Crippen molar-refractivity contribution in [2.24, 2.45) is 0 Å². The Morgan fingerprint density at radius 3 is 2.47 bits per heavy atom.